The van der Waals surface area contributed by atoms with Crippen LogP contribution in [0.1, 0.15) is 30.4 Å². The summed E-state index contributed by atoms with van der Waals surface area (Å²) in [5.41, 5.74) is -0.0998. The van der Waals surface area contributed by atoms with Crippen LogP contribution >= 0.6 is 0 Å². The lowest BCUT2D eigenvalue weighted by Gasteiger charge is -2.09. The van der Waals surface area contributed by atoms with Gasteiger partial charge in [-0.15, -0.1) is 0 Å². The second-order valence-electron chi connectivity index (χ2n) is 4.30. The summed E-state index contributed by atoms with van der Waals surface area (Å²) < 4.78 is 29.9. The first kappa shape index (κ1) is 16.6. The lowest BCUT2D eigenvalue weighted by atomic mass is 10.3. The summed E-state index contributed by atoms with van der Waals surface area (Å²) >= 11 is 0. The third-order valence-corrected chi connectivity index (χ3v) is 3.65. The highest BCUT2D eigenvalue weighted by Crippen LogP contribution is 2.18. The van der Waals surface area contributed by atoms with Crippen molar-refractivity contribution < 1.29 is 27.9 Å². The summed E-state index contributed by atoms with van der Waals surface area (Å²) in [6.07, 6.45) is 1.26. The van der Waals surface area contributed by atoms with Crippen LogP contribution in [0.2, 0.25) is 0 Å². The maximum Gasteiger partial charge on any atom is 0.352 e. The molecule has 0 aromatic carbocycles. The highest BCUT2D eigenvalue weighted by atomic mass is 32.2. The van der Waals surface area contributed by atoms with E-state index in [9.17, 15) is 13.2 Å². The standard InChI is InChI=1S/C11H18N2O6S/c1-8(2)13-7-9(6-10(13)11(14)15)20(16,17)12-19-5-4-18-3/h6-8,12H,4-5H2,1-3H3,(H,14,15). The largest absolute Gasteiger partial charge is 0.477 e. The molecule has 0 saturated heterocycles. The summed E-state index contributed by atoms with van der Waals surface area (Å²) in [6, 6.07) is 0.907. The summed E-state index contributed by atoms with van der Waals surface area (Å²) in [5, 5.41) is 9.06. The zero-order chi connectivity index (χ0) is 15.3. The minimum Gasteiger partial charge on any atom is -0.477 e. The Labute approximate surface area is 117 Å². The summed E-state index contributed by atoms with van der Waals surface area (Å²) in [5.74, 6) is -1.19. The predicted molar refractivity (Wildman–Crippen MR) is 69.9 cm³/mol. The molecule has 114 valence electrons. The third-order valence-electron chi connectivity index (χ3n) is 2.47. The highest BCUT2D eigenvalue weighted by molar-refractivity contribution is 7.89. The van der Waals surface area contributed by atoms with E-state index in [0.29, 0.717) is 0 Å². The molecule has 20 heavy (non-hydrogen) atoms. The second-order valence-corrected chi connectivity index (χ2v) is 5.94. The number of hydrogen-bond acceptors (Lipinski definition) is 5. The number of carbonyl (C=O) groups is 1. The number of ether oxygens (including phenoxy) is 1. The molecule has 1 heterocycles. The zero-order valence-corrected chi connectivity index (χ0v) is 12.3. The first-order chi connectivity index (χ1) is 9.29. The fourth-order valence-corrected chi connectivity index (χ4v) is 2.35. The first-order valence-corrected chi connectivity index (χ1v) is 7.35. The fourth-order valence-electron chi connectivity index (χ4n) is 1.49. The Morgan fingerprint density at radius 2 is 2.10 bits per heavy atom. The Hall–Kier alpha value is -1.42. The second kappa shape index (κ2) is 6.84. The highest BCUT2D eigenvalue weighted by Gasteiger charge is 2.22. The molecule has 0 radical (unpaired) electrons. The monoisotopic (exact) mass is 306 g/mol. The Bertz CT molecular complexity index is 563. The Balaban J connectivity index is 2.95. The van der Waals surface area contributed by atoms with Gasteiger partial charge in [0.25, 0.3) is 10.0 Å². The van der Waals surface area contributed by atoms with Crippen molar-refractivity contribution >= 4 is 16.0 Å². The van der Waals surface area contributed by atoms with E-state index in [1.54, 1.807) is 13.8 Å². The lowest BCUT2D eigenvalue weighted by Crippen LogP contribution is -2.25. The third kappa shape index (κ3) is 4.04. The van der Waals surface area contributed by atoms with E-state index < -0.39 is 16.0 Å². The molecule has 0 spiro atoms. The van der Waals surface area contributed by atoms with E-state index in [4.69, 9.17) is 14.7 Å². The van der Waals surface area contributed by atoms with Crippen molar-refractivity contribution in [1.82, 2.24) is 9.45 Å². The predicted octanol–water partition coefficient (Wildman–Crippen LogP) is 0.623. The van der Waals surface area contributed by atoms with Gasteiger partial charge >= 0.3 is 5.97 Å². The Kier molecular flexibility index (Phi) is 5.69. The molecule has 0 bridgehead atoms. The van der Waals surface area contributed by atoms with Gasteiger partial charge in [-0.1, -0.05) is 4.89 Å². The first-order valence-electron chi connectivity index (χ1n) is 5.87. The van der Waals surface area contributed by atoms with Gasteiger partial charge in [0.1, 0.15) is 10.6 Å². The molecule has 0 saturated carbocycles. The maximum atomic E-state index is 11.9. The van der Waals surface area contributed by atoms with Gasteiger partial charge in [-0.3, -0.25) is 4.84 Å². The number of rotatable bonds is 8. The van der Waals surface area contributed by atoms with Crippen molar-refractivity contribution in [2.24, 2.45) is 0 Å². The molecule has 1 aromatic rings. The Morgan fingerprint density at radius 1 is 1.45 bits per heavy atom. The number of nitrogens with zero attached hydrogens (tertiary/aromatic N) is 1. The number of aromatic nitrogens is 1. The van der Waals surface area contributed by atoms with E-state index in [1.807, 2.05) is 4.89 Å². The van der Waals surface area contributed by atoms with E-state index >= 15 is 0 Å². The molecule has 1 aromatic heterocycles. The number of hydrogen-bond donors (Lipinski definition) is 2. The fraction of sp³-hybridized carbons (Fsp3) is 0.545. The zero-order valence-electron chi connectivity index (χ0n) is 11.5. The van der Waals surface area contributed by atoms with Gasteiger partial charge in [0.2, 0.25) is 0 Å². The van der Waals surface area contributed by atoms with E-state index in [2.05, 4.69) is 0 Å². The molecule has 0 aliphatic rings. The molecule has 1 rings (SSSR count). The normalized spacial score (nSPS) is 12.0. The van der Waals surface area contributed by atoms with Crippen LogP contribution in [-0.4, -0.2) is 44.4 Å². The summed E-state index contributed by atoms with van der Waals surface area (Å²) in [7, 11) is -2.46. The van der Waals surface area contributed by atoms with Gasteiger partial charge in [0, 0.05) is 19.3 Å². The topological polar surface area (TPSA) is 107 Å². The Morgan fingerprint density at radius 3 is 2.55 bits per heavy atom. The number of carboxylic acid groups (broad SMARTS) is 1. The summed E-state index contributed by atoms with van der Waals surface area (Å²) in [4.78, 5) is 17.6. The smallest absolute Gasteiger partial charge is 0.352 e. The number of methoxy groups -OCH3 is 1. The van der Waals surface area contributed by atoms with Crippen molar-refractivity contribution in [3.8, 4) is 0 Å². The van der Waals surface area contributed by atoms with Crippen molar-refractivity contribution in [3.05, 3.63) is 18.0 Å². The van der Waals surface area contributed by atoms with Crippen LogP contribution in [0.5, 0.6) is 0 Å². The number of sulfonamides is 1. The average molecular weight is 306 g/mol. The average Bonchev–Trinajstić information content (AvgIpc) is 2.80. The molecule has 0 atom stereocenters. The van der Waals surface area contributed by atoms with Gasteiger partial charge in [-0.2, -0.15) is 0 Å². The van der Waals surface area contributed by atoms with Crippen LogP contribution < -0.4 is 4.89 Å². The molecule has 9 heteroatoms. The van der Waals surface area contributed by atoms with Gasteiger partial charge < -0.3 is 14.4 Å². The van der Waals surface area contributed by atoms with Crippen LogP contribution in [0.25, 0.3) is 0 Å². The minimum atomic E-state index is -3.92. The van der Waals surface area contributed by atoms with Crippen LogP contribution in [0.3, 0.4) is 0 Å². The molecule has 0 fully saturated rings. The molecule has 8 nitrogen and oxygen atoms in total. The van der Waals surface area contributed by atoms with E-state index in [-0.39, 0.29) is 29.8 Å². The van der Waals surface area contributed by atoms with Gasteiger partial charge in [-0.25, -0.2) is 13.2 Å². The molecular weight excluding hydrogens is 288 g/mol. The lowest BCUT2D eigenvalue weighted by molar-refractivity contribution is 0.0438. The van der Waals surface area contributed by atoms with Crippen LogP contribution in [0.4, 0.5) is 0 Å². The molecule has 0 aliphatic carbocycles. The SMILES string of the molecule is COCCONS(=O)(=O)c1cc(C(=O)O)n(C(C)C)c1. The molecule has 0 unspecified atom stereocenters. The van der Waals surface area contributed by atoms with Gasteiger partial charge in [-0.05, 0) is 19.9 Å². The van der Waals surface area contributed by atoms with Crippen molar-refractivity contribution in [2.75, 3.05) is 20.3 Å². The number of carboxylic acids is 1. The number of aromatic carboxylic acids is 1. The van der Waals surface area contributed by atoms with Crippen molar-refractivity contribution in [3.63, 3.8) is 0 Å². The van der Waals surface area contributed by atoms with Crippen LogP contribution in [0.15, 0.2) is 17.2 Å². The molecular formula is C11H18N2O6S. The van der Waals surface area contributed by atoms with Gasteiger partial charge in [0.15, 0.2) is 0 Å². The van der Waals surface area contributed by atoms with Gasteiger partial charge in [0.05, 0.1) is 13.2 Å². The van der Waals surface area contributed by atoms with Crippen molar-refractivity contribution in [2.45, 2.75) is 24.8 Å². The van der Waals surface area contributed by atoms with E-state index in [1.165, 1.54) is 17.9 Å². The molecule has 0 amide bonds. The van der Waals surface area contributed by atoms with Crippen LogP contribution in [0, 0.1) is 0 Å². The molecule has 2 N–H and O–H groups in total. The quantitative estimate of drug-likeness (QED) is 0.538. The number of nitrogens with one attached hydrogen (secondary N) is 1. The van der Waals surface area contributed by atoms with Crippen molar-refractivity contribution in [1.29, 1.82) is 0 Å². The maximum absolute atomic E-state index is 11.9. The summed E-state index contributed by atoms with van der Waals surface area (Å²) in [6.45, 7) is 3.79. The van der Waals surface area contributed by atoms with Crippen LogP contribution in [-0.2, 0) is 19.6 Å². The minimum absolute atomic E-state index is 0.0480. The molecule has 0 aliphatic heterocycles. The van der Waals surface area contributed by atoms with E-state index in [0.717, 1.165) is 6.07 Å².